The first-order valence-electron chi connectivity index (χ1n) is 9.33. The molecule has 0 aromatic heterocycles. The van der Waals surface area contributed by atoms with Crippen molar-refractivity contribution in [2.24, 2.45) is 11.3 Å². The Bertz CT molecular complexity index is 688. The lowest BCUT2D eigenvalue weighted by atomic mass is 9.67. The Hall–Kier alpha value is -1.75. The first kappa shape index (κ1) is 21.5. The van der Waals surface area contributed by atoms with Crippen molar-refractivity contribution in [1.29, 1.82) is 0 Å². The fraction of sp³-hybridized carbons (Fsp3) is 0.619. The van der Waals surface area contributed by atoms with Gasteiger partial charge < -0.3 is 14.8 Å². The minimum absolute atomic E-state index is 0.101. The van der Waals surface area contributed by atoms with E-state index >= 15 is 0 Å². The molecule has 1 aromatic rings. The van der Waals surface area contributed by atoms with Crippen LogP contribution >= 0.6 is 11.6 Å². The Morgan fingerprint density at radius 1 is 1.22 bits per heavy atom. The number of benzene rings is 1. The van der Waals surface area contributed by atoms with Crippen molar-refractivity contribution < 1.29 is 19.1 Å². The van der Waals surface area contributed by atoms with Gasteiger partial charge in [0, 0.05) is 5.02 Å². The number of methoxy groups -OCH3 is 2. The summed E-state index contributed by atoms with van der Waals surface area (Å²) in [5, 5.41) is 3.42. The molecule has 0 heterocycles. The van der Waals surface area contributed by atoms with Gasteiger partial charge in [-0.25, -0.2) is 4.79 Å². The smallest absolute Gasteiger partial charge is 0.331 e. The number of ether oxygens (including phenoxy) is 2. The third-order valence-corrected chi connectivity index (χ3v) is 5.98. The van der Waals surface area contributed by atoms with Crippen LogP contribution in [0.5, 0.6) is 5.75 Å². The van der Waals surface area contributed by atoms with Gasteiger partial charge in [-0.05, 0) is 54.7 Å². The molecular formula is C21H30ClNO4. The average Bonchev–Trinajstić information content (AvgIpc) is 2.62. The molecule has 2 rings (SSSR count). The SMILES string of the molecule is COC(=O)C1(NC(=O)Cc2ccc(OC)cc2Cl)CCC(C(C)(C)C)CC1. The van der Waals surface area contributed by atoms with Crippen LogP contribution in [0.15, 0.2) is 18.2 Å². The minimum Gasteiger partial charge on any atom is -0.497 e. The quantitative estimate of drug-likeness (QED) is 0.760. The normalized spacial score (nSPS) is 22.8. The van der Waals surface area contributed by atoms with Crippen molar-refractivity contribution in [1.82, 2.24) is 5.32 Å². The van der Waals surface area contributed by atoms with E-state index in [1.54, 1.807) is 25.3 Å². The van der Waals surface area contributed by atoms with Gasteiger partial charge in [0.2, 0.25) is 5.91 Å². The van der Waals surface area contributed by atoms with Gasteiger partial charge in [-0.3, -0.25) is 4.79 Å². The van der Waals surface area contributed by atoms with Crippen LogP contribution in [0.1, 0.15) is 52.0 Å². The molecule has 1 aromatic carbocycles. The van der Waals surface area contributed by atoms with Crippen LogP contribution in [0.25, 0.3) is 0 Å². The molecule has 0 aliphatic heterocycles. The predicted octanol–water partition coefficient (Wildman–Crippen LogP) is 4.16. The maximum atomic E-state index is 12.7. The summed E-state index contributed by atoms with van der Waals surface area (Å²) in [7, 11) is 2.93. The summed E-state index contributed by atoms with van der Waals surface area (Å²) in [4.78, 5) is 25.2. The second-order valence-corrected chi connectivity index (χ2v) is 8.80. The standard InChI is InChI=1S/C21H30ClNO4/c1-20(2,3)15-8-10-21(11-9-15,19(25)27-5)23-18(24)12-14-6-7-16(26-4)13-17(14)22/h6-7,13,15H,8-12H2,1-5H3,(H,23,24). The number of halogens is 1. The highest BCUT2D eigenvalue weighted by Gasteiger charge is 2.45. The zero-order valence-corrected chi connectivity index (χ0v) is 17.6. The van der Waals surface area contributed by atoms with Crippen LogP contribution < -0.4 is 10.1 Å². The van der Waals surface area contributed by atoms with Crippen LogP contribution in [0.4, 0.5) is 0 Å². The van der Waals surface area contributed by atoms with Crippen LogP contribution in [0, 0.1) is 11.3 Å². The van der Waals surface area contributed by atoms with Gasteiger partial charge in [0.25, 0.3) is 0 Å². The van der Waals surface area contributed by atoms with Crippen LogP contribution in [-0.4, -0.2) is 31.6 Å². The van der Waals surface area contributed by atoms with E-state index in [0.29, 0.717) is 35.1 Å². The van der Waals surface area contributed by atoms with Gasteiger partial charge >= 0.3 is 5.97 Å². The number of carbonyl (C=O) groups excluding carboxylic acids is 2. The van der Waals surface area contributed by atoms with Crippen molar-refractivity contribution >= 4 is 23.5 Å². The fourth-order valence-electron chi connectivity index (χ4n) is 3.83. The van der Waals surface area contributed by atoms with Gasteiger partial charge in [-0.1, -0.05) is 38.4 Å². The molecule has 1 fully saturated rings. The summed E-state index contributed by atoms with van der Waals surface area (Å²) in [6.45, 7) is 6.65. The monoisotopic (exact) mass is 395 g/mol. The predicted molar refractivity (Wildman–Crippen MR) is 106 cm³/mol. The Morgan fingerprint density at radius 2 is 1.85 bits per heavy atom. The van der Waals surface area contributed by atoms with E-state index in [-0.39, 0.29) is 23.7 Å². The molecule has 1 aliphatic rings. The highest BCUT2D eigenvalue weighted by atomic mass is 35.5. The third kappa shape index (κ3) is 5.16. The molecule has 0 atom stereocenters. The van der Waals surface area contributed by atoms with Crippen molar-refractivity contribution in [2.75, 3.05) is 14.2 Å². The number of hydrogen-bond donors (Lipinski definition) is 1. The molecule has 1 saturated carbocycles. The van der Waals surface area contributed by atoms with Crippen molar-refractivity contribution in [2.45, 2.75) is 58.4 Å². The van der Waals surface area contributed by atoms with E-state index in [1.165, 1.54) is 7.11 Å². The second-order valence-electron chi connectivity index (χ2n) is 8.40. The van der Waals surface area contributed by atoms with Gasteiger partial charge in [0.1, 0.15) is 11.3 Å². The van der Waals surface area contributed by atoms with Gasteiger partial charge in [-0.15, -0.1) is 0 Å². The number of esters is 1. The number of hydrogen-bond acceptors (Lipinski definition) is 4. The van der Waals surface area contributed by atoms with Crippen LogP contribution in [0.2, 0.25) is 5.02 Å². The lowest BCUT2D eigenvalue weighted by Gasteiger charge is -2.42. The van der Waals surface area contributed by atoms with Gasteiger partial charge in [-0.2, -0.15) is 0 Å². The molecule has 27 heavy (non-hydrogen) atoms. The zero-order valence-electron chi connectivity index (χ0n) is 16.9. The number of nitrogens with one attached hydrogen (secondary N) is 1. The first-order valence-corrected chi connectivity index (χ1v) is 9.71. The Morgan fingerprint density at radius 3 is 2.33 bits per heavy atom. The highest BCUT2D eigenvalue weighted by molar-refractivity contribution is 6.31. The lowest BCUT2D eigenvalue weighted by molar-refractivity contribution is -0.153. The Kier molecular flexibility index (Phi) is 6.79. The van der Waals surface area contributed by atoms with Crippen molar-refractivity contribution in [3.63, 3.8) is 0 Å². The number of rotatable bonds is 5. The molecule has 0 unspecified atom stereocenters. The molecule has 1 aliphatic carbocycles. The minimum atomic E-state index is -0.952. The van der Waals surface area contributed by atoms with Crippen molar-refractivity contribution in [3.8, 4) is 5.75 Å². The molecule has 5 nitrogen and oxygen atoms in total. The third-order valence-electron chi connectivity index (χ3n) is 5.63. The lowest BCUT2D eigenvalue weighted by Crippen LogP contribution is -2.57. The van der Waals surface area contributed by atoms with Crippen molar-refractivity contribution in [3.05, 3.63) is 28.8 Å². The zero-order chi connectivity index (χ0) is 20.2. The molecule has 0 spiro atoms. The summed E-state index contributed by atoms with van der Waals surface area (Å²) in [6, 6.07) is 5.20. The van der Waals surface area contributed by atoms with Crippen LogP contribution in [0.3, 0.4) is 0 Å². The molecule has 6 heteroatoms. The van der Waals surface area contributed by atoms with E-state index in [2.05, 4.69) is 26.1 Å². The average molecular weight is 396 g/mol. The summed E-state index contributed by atoms with van der Waals surface area (Å²) in [5.41, 5.74) is -0.0755. The molecule has 0 saturated heterocycles. The summed E-state index contributed by atoms with van der Waals surface area (Å²) in [5.74, 6) is 0.546. The summed E-state index contributed by atoms with van der Waals surface area (Å²) in [6.07, 6.45) is 3.03. The fourth-order valence-corrected chi connectivity index (χ4v) is 4.07. The van der Waals surface area contributed by atoms with E-state index in [4.69, 9.17) is 21.1 Å². The molecule has 150 valence electrons. The molecule has 1 amide bonds. The summed E-state index contributed by atoms with van der Waals surface area (Å²) >= 11 is 6.24. The topological polar surface area (TPSA) is 64.6 Å². The molecule has 1 N–H and O–H groups in total. The Labute approximate surface area is 166 Å². The van der Waals surface area contributed by atoms with Crippen LogP contribution in [-0.2, 0) is 20.7 Å². The molecular weight excluding hydrogens is 366 g/mol. The first-order chi connectivity index (χ1) is 12.6. The molecule has 0 radical (unpaired) electrons. The number of carbonyl (C=O) groups is 2. The summed E-state index contributed by atoms with van der Waals surface area (Å²) < 4.78 is 10.2. The Balaban J connectivity index is 2.10. The van der Waals surface area contributed by atoms with E-state index < -0.39 is 5.54 Å². The second kappa shape index (κ2) is 8.51. The van der Waals surface area contributed by atoms with E-state index in [1.807, 2.05) is 0 Å². The number of amides is 1. The highest BCUT2D eigenvalue weighted by Crippen LogP contribution is 2.42. The van der Waals surface area contributed by atoms with Gasteiger partial charge in [0.15, 0.2) is 0 Å². The van der Waals surface area contributed by atoms with E-state index in [9.17, 15) is 9.59 Å². The van der Waals surface area contributed by atoms with E-state index in [0.717, 1.165) is 12.8 Å². The molecule has 0 bridgehead atoms. The largest absolute Gasteiger partial charge is 0.497 e. The maximum absolute atomic E-state index is 12.7. The maximum Gasteiger partial charge on any atom is 0.331 e. The van der Waals surface area contributed by atoms with Gasteiger partial charge in [0.05, 0.1) is 20.6 Å².